The van der Waals surface area contributed by atoms with Crippen LogP contribution >= 0.6 is 0 Å². The number of hydrogen-bond acceptors (Lipinski definition) is 1. The summed E-state index contributed by atoms with van der Waals surface area (Å²) in [5.74, 6) is 0. The minimum absolute atomic E-state index is 0. The van der Waals surface area contributed by atoms with Gasteiger partial charge in [-0.3, -0.25) is 0 Å². The predicted molar refractivity (Wildman–Crippen MR) is 39.8 cm³/mol. The Morgan fingerprint density at radius 2 is 2.40 bits per heavy atom. The molecule has 10 heavy (non-hydrogen) atoms. The van der Waals surface area contributed by atoms with Gasteiger partial charge < -0.3 is 18.7 Å². The normalized spacial score (nSPS) is 23.9. The largest absolute Gasteiger partial charge is 0.373 e. The molecule has 1 aliphatic carbocycles. The molecular weight excluding hydrogens is 199 g/mol. The average molecular weight is 212 g/mol. The van der Waals surface area contributed by atoms with Crippen LogP contribution in [-0.2, 0) is 32.7 Å². The average Bonchev–Trinajstić information content (AvgIpc) is 1.91. The van der Waals surface area contributed by atoms with E-state index in [2.05, 4.69) is 30.8 Å². The SMILES string of the molecule is [CH2-]CNC1[CH-]CC=CC1.[Y]. The summed E-state index contributed by atoms with van der Waals surface area (Å²) in [6, 6.07) is 0.576. The second-order valence-corrected chi connectivity index (χ2v) is 2.24. The minimum Gasteiger partial charge on any atom is -0.373 e. The Morgan fingerprint density at radius 1 is 1.60 bits per heavy atom. The molecule has 1 atom stereocenters. The van der Waals surface area contributed by atoms with Crippen molar-refractivity contribution in [2.75, 3.05) is 6.54 Å². The molecule has 1 radical (unpaired) electrons. The summed E-state index contributed by atoms with van der Waals surface area (Å²) in [4.78, 5) is 0. The molecule has 0 aromatic rings. The molecule has 0 heterocycles. The molecule has 0 bridgehead atoms. The summed E-state index contributed by atoms with van der Waals surface area (Å²) in [7, 11) is 0. The van der Waals surface area contributed by atoms with Crippen molar-refractivity contribution in [1.82, 2.24) is 5.32 Å². The molecule has 0 fully saturated rings. The maximum atomic E-state index is 3.72. The topological polar surface area (TPSA) is 12.0 Å². The van der Waals surface area contributed by atoms with Gasteiger partial charge in [0.2, 0.25) is 0 Å². The van der Waals surface area contributed by atoms with Crippen molar-refractivity contribution in [2.45, 2.75) is 18.9 Å². The number of rotatable bonds is 2. The maximum Gasteiger partial charge on any atom is 0 e. The first-order valence-corrected chi connectivity index (χ1v) is 3.44. The van der Waals surface area contributed by atoms with Crippen molar-refractivity contribution in [2.24, 2.45) is 0 Å². The van der Waals surface area contributed by atoms with Crippen LogP contribution in [0.25, 0.3) is 0 Å². The van der Waals surface area contributed by atoms with Gasteiger partial charge in [-0.05, 0) is 6.42 Å². The second-order valence-electron chi connectivity index (χ2n) is 2.24. The van der Waals surface area contributed by atoms with Gasteiger partial charge in [-0.25, -0.2) is 0 Å². The van der Waals surface area contributed by atoms with E-state index in [1.807, 2.05) is 0 Å². The first-order chi connectivity index (χ1) is 4.43. The van der Waals surface area contributed by atoms with Gasteiger partial charge in [0.05, 0.1) is 0 Å². The van der Waals surface area contributed by atoms with Gasteiger partial charge in [0.15, 0.2) is 0 Å². The number of nitrogens with one attached hydrogen (secondary N) is 1. The van der Waals surface area contributed by atoms with Gasteiger partial charge in [-0.15, -0.1) is 18.7 Å². The molecular formula is C8H13NY-2. The van der Waals surface area contributed by atoms with Crippen LogP contribution in [0.2, 0.25) is 0 Å². The second kappa shape index (κ2) is 6.51. The van der Waals surface area contributed by atoms with Gasteiger partial charge >= 0.3 is 0 Å². The minimum atomic E-state index is 0. The van der Waals surface area contributed by atoms with Gasteiger partial charge in [0.25, 0.3) is 0 Å². The van der Waals surface area contributed by atoms with E-state index >= 15 is 0 Å². The fraction of sp³-hybridized carbons (Fsp3) is 0.500. The standard InChI is InChI=1S/C8H13N.Y/c1-2-9-8-6-4-3-5-7-8;/h3-4,7-9H,1-2,5-6H2;/q-2;. The summed E-state index contributed by atoms with van der Waals surface area (Å²) >= 11 is 0. The smallest absolute Gasteiger partial charge is 0 e. The maximum absolute atomic E-state index is 3.72. The molecule has 1 nitrogen and oxygen atoms in total. The zero-order valence-corrected chi connectivity index (χ0v) is 9.05. The van der Waals surface area contributed by atoms with Crippen LogP contribution in [0, 0.1) is 13.3 Å². The zero-order chi connectivity index (χ0) is 6.53. The third-order valence-electron chi connectivity index (χ3n) is 1.52. The van der Waals surface area contributed by atoms with Gasteiger partial charge in [0.1, 0.15) is 0 Å². The van der Waals surface area contributed by atoms with E-state index in [1.165, 1.54) is 0 Å². The molecule has 0 spiro atoms. The van der Waals surface area contributed by atoms with Crippen LogP contribution in [0.1, 0.15) is 12.8 Å². The summed E-state index contributed by atoms with van der Waals surface area (Å²) in [6.07, 6.45) is 8.94. The molecule has 1 rings (SSSR count). The molecule has 1 unspecified atom stereocenters. The van der Waals surface area contributed by atoms with Crippen molar-refractivity contribution >= 4 is 0 Å². The van der Waals surface area contributed by atoms with E-state index in [0.29, 0.717) is 6.04 Å². The van der Waals surface area contributed by atoms with E-state index in [-0.39, 0.29) is 32.7 Å². The summed E-state index contributed by atoms with van der Waals surface area (Å²) in [5, 5.41) is 3.27. The summed E-state index contributed by atoms with van der Waals surface area (Å²) < 4.78 is 0. The van der Waals surface area contributed by atoms with Crippen LogP contribution < -0.4 is 5.32 Å². The Morgan fingerprint density at radius 3 is 2.90 bits per heavy atom. The van der Waals surface area contributed by atoms with Crippen LogP contribution in [0.4, 0.5) is 0 Å². The van der Waals surface area contributed by atoms with Crippen LogP contribution in [0.3, 0.4) is 0 Å². The van der Waals surface area contributed by atoms with Crippen molar-refractivity contribution in [3.8, 4) is 0 Å². The quantitative estimate of drug-likeness (QED) is 0.537. The third kappa shape index (κ3) is 3.85. The van der Waals surface area contributed by atoms with Gasteiger partial charge in [-0.1, -0.05) is 6.08 Å². The van der Waals surface area contributed by atoms with E-state index in [9.17, 15) is 0 Å². The molecule has 55 valence electrons. The first kappa shape index (κ1) is 10.8. The van der Waals surface area contributed by atoms with Crippen molar-refractivity contribution < 1.29 is 32.7 Å². The van der Waals surface area contributed by atoms with Crippen LogP contribution in [-0.4, -0.2) is 12.6 Å². The van der Waals surface area contributed by atoms with Crippen molar-refractivity contribution in [3.63, 3.8) is 0 Å². The Hall–Kier alpha value is 0.804. The fourth-order valence-electron chi connectivity index (χ4n) is 1.03. The summed E-state index contributed by atoms with van der Waals surface area (Å²) in [5.41, 5.74) is 0. The van der Waals surface area contributed by atoms with Gasteiger partial charge in [0, 0.05) is 32.7 Å². The molecule has 0 amide bonds. The van der Waals surface area contributed by atoms with Crippen molar-refractivity contribution in [3.05, 3.63) is 25.5 Å². The Labute approximate surface area is 88.5 Å². The van der Waals surface area contributed by atoms with Crippen molar-refractivity contribution in [1.29, 1.82) is 0 Å². The van der Waals surface area contributed by atoms with Gasteiger partial charge in [-0.2, -0.15) is 6.42 Å². The van der Waals surface area contributed by atoms with E-state index in [1.54, 1.807) is 0 Å². The molecule has 0 aromatic heterocycles. The Bertz CT molecular complexity index is 101. The predicted octanol–water partition coefficient (Wildman–Crippen LogP) is 1.33. The molecule has 0 saturated heterocycles. The van der Waals surface area contributed by atoms with E-state index in [4.69, 9.17) is 0 Å². The van der Waals surface area contributed by atoms with E-state index in [0.717, 1.165) is 19.4 Å². The van der Waals surface area contributed by atoms with E-state index < -0.39 is 0 Å². The molecule has 0 aliphatic heterocycles. The third-order valence-corrected chi connectivity index (χ3v) is 1.52. The zero-order valence-electron chi connectivity index (χ0n) is 6.22. The fourth-order valence-corrected chi connectivity index (χ4v) is 1.03. The molecule has 0 saturated carbocycles. The molecule has 0 aromatic carbocycles. The Balaban J connectivity index is 0.000000810. The van der Waals surface area contributed by atoms with Crippen LogP contribution in [0.15, 0.2) is 12.2 Å². The molecule has 1 N–H and O–H groups in total. The molecule has 1 aliphatic rings. The number of allylic oxidation sites excluding steroid dienone is 1. The molecule has 2 heteroatoms. The monoisotopic (exact) mass is 212 g/mol. The Kier molecular flexibility index (Phi) is 7.03. The summed E-state index contributed by atoms with van der Waals surface area (Å²) in [6.45, 7) is 4.55. The first-order valence-electron chi connectivity index (χ1n) is 3.44. The van der Waals surface area contributed by atoms with Crippen LogP contribution in [0.5, 0.6) is 0 Å². The number of hydrogen-bond donors (Lipinski definition) is 1.